The summed E-state index contributed by atoms with van der Waals surface area (Å²) in [7, 11) is 0. The molecule has 0 bridgehead atoms. The van der Waals surface area contributed by atoms with Gasteiger partial charge in [-0.2, -0.15) is 0 Å². The summed E-state index contributed by atoms with van der Waals surface area (Å²) in [5.41, 5.74) is 0. The van der Waals surface area contributed by atoms with Gasteiger partial charge in [0.1, 0.15) is 0 Å². The fourth-order valence-corrected chi connectivity index (χ4v) is 1.62. The van der Waals surface area contributed by atoms with Gasteiger partial charge in [-0.15, -0.1) is 0 Å². The normalized spacial score (nSPS) is 18.6. The van der Waals surface area contributed by atoms with Gasteiger partial charge in [0.05, 0.1) is 0 Å². The molecule has 0 amide bonds. The molecule has 2 nitrogen and oxygen atoms in total. The van der Waals surface area contributed by atoms with E-state index in [1.807, 2.05) is 0 Å². The molecule has 13 heavy (non-hydrogen) atoms. The van der Waals surface area contributed by atoms with Crippen LogP contribution in [0.15, 0.2) is 12.4 Å². The van der Waals surface area contributed by atoms with Crippen LogP contribution in [-0.4, -0.2) is 35.0 Å². The van der Waals surface area contributed by atoms with Gasteiger partial charge in [0.2, 0.25) is 0 Å². The van der Waals surface area contributed by atoms with Crippen LogP contribution in [0.3, 0.4) is 0 Å². The molecular formula is C11H22N2. The zero-order valence-corrected chi connectivity index (χ0v) is 9.33. The Bertz CT molecular complexity index is 155. The molecule has 0 saturated heterocycles. The molecule has 0 aromatic rings. The molecule has 0 spiro atoms. The SMILES string of the molecule is CC(C)N1C=CN(C(C)C)CCC1. The predicted octanol–water partition coefficient (Wildman–Crippen LogP) is 2.28. The highest BCUT2D eigenvalue weighted by atomic mass is 15.2. The van der Waals surface area contributed by atoms with Gasteiger partial charge in [0.15, 0.2) is 0 Å². The van der Waals surface area contributed by atoms with Gasteiger partial charge in [-0.05, 0) is 34.1 Å². The van der Waals surface area contributed by atoms with Crippen molar-refractivity contribution in [3.05, 3.63) is 12.4 Å². The van der Waals surface area contributed by atoms with Gasteiger partial charge in [-0.3, -0.25) is 0 Å². The average molecular weight is 182 g/mol. The van der Waals surface area contributed by atoms with Crippen molar-refractivity contribution in [3.63, 3.8) is 0 Å². The van der Waals surface area contributed by atoms with Gasteiger partial charge >= 0.3 is 0 Å². The van der Waals surface area contributed by atoms with E-state index in [1.165, 1.54) is 19.5 Å². The Kier molecular flexibility index (Phi) is 3.64. The zero-order chi connectivity index (χ0) is 9.84. The quantitative estimate of drug-likeness (QED) is 0.646. The summed E-state index contributed by atoms with van der Waals surface area (Å²) in [6.45, 7) is 11.4. The second kappa shape index (κ2) is 4.54. The summed E-state index contributed by atoms with van der Waals surface area (Å²) < 4.78 is 0. The Hall–Kier alpha value is -0.660. The summed E-state index contributed by atoms with van der Waals surface area (Å²) in [6, 6.07) is 1.26. The zero-order valence-electron chi connectivity index (χ0n) is 9.33. The largest absolute Gasteiger partial charge is 0.374 e. The monoisotopic (exact) mass is 182 g/mol. The first kappa shape index (κ1) is 10.4. The third kappa shape index (κ3) is 2.94. The van der Waals surface area contributed by atoms with Crippen molar-refractivity contribution in [2.75, 3.05) is 13.1 Å². The van der Waals surface area contributed by atoms with Crippen LogP contribution in [0.25, 0.3) is 0 Å². The van der Waals surface area contributed by atoms with Crippen molar-refractivity contribution < 1.29 is 0 Å². The van der Waals surface area contributed by atoms with Crippen molar-refractivity contribution >= 4 is 0 Å². The van der Waals surface area contributed by atoms with E-state index in [0.29, 0.717) is 12.1 Å². The lowest BCUT2D eigenvalue weighted by atomic mass is 10.3. The minimum Gasteiger partial charge on any atom is -0.374 e. The van der Waals surface area contributed by atoms with Crippen LogP contribution < -0.4 is 0 Å². The maximum atomic E-state index is 2.41. The fourth-order valence-electron chi connectivity index (χ4n) is 1.62. The van der Waals surface area contributed by atoms with Gasteiger partial charge in [0.25, 0.3) is 0 Å². The van der Waals surface area contributed by atoms with Crippen LogP contribution in [0.5, 0.6) is 0 Å². The van der Waals surface area contributed by atoms with E-state index < -0.39 is 0 Å². The Balaban J connectivity index is 2.55. The van der Waals surface area contributed by atoms with Gasteiger partial charge in [-0.1, -0.05) is 0 Å². The van der Waals surface area contributed by atoms with Crippen LogP contribution >= 0.6 is 0 Å². The summed E-state index contributed by atoms with van der Waals surface area (Å²) in [5, 5.41) is 0. The average Bonchev–Trinajstić information content (AvgIpc) is 2.27. The highest BCUT2D eigenvalue weighted by Crippen LogP contribution is 2.09. The minimum absolute atomic E-state index is 0.628. The van der Waals surface area contributed by atoms with E-state index in [2.05, 4.69) is 49.9 Å². The Morgan fingerprint density at radius 2 is 1.23 bits per heavy atom. The minimum atomic E-state index is 0.628. The van der Waals surface area contributed by atoms with E-state index in [1.54, 1.807) is 0 Å². The van der Waals surface area contributed by atoms with Crippen LogP contribution in [-0.2, 0) is 0 Å². The molecule has 0 aromatic heterocycles. The smallest absolute Gasteiger partial charge is 0.0228 e. The highest BCUT2D eigenvalue weighted by molar-refractivity contribution is 4.89. The second-order valence-electron chi connectivity index (χ2n) is 4.31. The lowest BCUT2D eigenvalue weighted by Gasteiger charge is -2.22. The predicted molar refractivity (Wildman–Crippen MR) is 57.4 cm³/mol. The van der Waals surface area contributed by atoms with Crippen molar-refractivity contribution in [2.24, 2.45) is 0 Å². The standard InChI is InChI=1S/C11H22N2/c1-10(2)12-6-5-7-13(9-8-12)11(3)4/h8-11H,5-7H2,1-4H3. The molecule has 0 radical (unpaired) electrons. The molecule has 0 N–H and O–H groups in total. The molecule has 0 aromatic carbocycles. The molecule has 0 saturated carbocycles. The lowest BCUT2D eigenvalue weighted by Crippen LogP contribution is -2.26. The molecule has 2 heteroatoms. The van der Waals surface area contributed by atoms with E-state index in [4.69, 9.17) is 0 Å². The van der Waals surface area contributed by atoms with Crippen LogP contribution in [0.1, 0.15) is 34.1 Å². The Morgan fingerprint density at radius 1 is 0.846 bits per heavy atom. The highest BCUT2D eigenvalue weighted by Gasteiger charge is 2.11. The second-order valence-corrected chi connectivity index (χ2v) is 4.31. The molecule has 1 aliphatic rings. The summed E-state index contributed by atoms with van der Waals surface area (Å²) in [4.78, 5) is 4.81. The number of hydrogen-bond donors (Lipinski definition) is 0. The lowest BCUT2D eigenvalue weighted by molar-refractivity contribution is 0.292. The van der Waals surface area contributed by atoms with E-state index in [0.717, 1.165) is 0 Å². The molecule has 0 atom stereocenters. The van der Waals surface area contributed by atoms with Crippen LogP contribution in [0.2, 0.25) is 0 Å². The summed E-state index contributed by atoms with van der Waals surface area (Å²) >= 11 is 0. The molecular weight excluding hydrogens is 160 g/mol. The van der Waals surface area contributed by atoms with Crippen molar-refractivity contribution in [3.8, 4) is 0 Å². The maximum absolute atomic E-state index is 2.41. The molecule has 0 aliphatic carbocycles. The van der Waals surface area contributed by atoms with Gasteiger partial charge in [-0.25, -0.2) is 0 Å². The third-order valence-corrected chi connectivity index (χ3v) is 2.61. The van der Waals surface area contributed by atoms with E-state index >= 15 is 0 Å². The van der Waals surface area contributed by atoms with Gasteiger partial charge in [0, 0.05) is 37.6 Å². The number of hydrogen-bond acceptors (Lipinski definition) is 2. The van der Waals surface area contributed by atoms with Crippen molar-refractivity contribution in [2.45, 2.75) is 46.2 Å². The summed E-state index contributed by atoms with van der Waals surface area (Å²) in [5.74, 6) is 0. The fraction of sp³-hybridized carbons (Fsp3) is 0.818. The Morgan fingerprint density at radius 3 is 1.54 bits per heavy atom. The molecule has 0 fully saturated rings. The number of nitrogens with zero attached hydrogens (tertiary/aromatic N) is 2. The van der Waals surface area contributed by atoms with Crippen LogP contribution in [0, 0.1) is 0 Å². The van der Waals surface area contributed by atoms with E-state index in [-0.39, 0.29) is 0 Å². The van der Waals surface area contributed by atoms with Crippen molar-refractivity contribution in [1.29, 1.82) is 0 Å². The Labute approximate surface area is 82.2 Å². The first-order chi connectivity index (χ1) is 6.11. The molecule has 0 unspecified atom stereocenters. The molecule has 1 rings (SSSR count). The molecule has 76 valence electrons. The molecule has 1 heterocycles. The maximum Gasteiger partial charge on any atom is 0.0228 e. The first-order valence-electron chi connectivity index (χ1n) is 5.31. The third-order valence-electron chi connectivity index (χ3n) is 2.61. The first-order valence-corrected chi connectivity index (χ1v) is 5.31. The number of rotatable bonds is 2. The molecule has 1 aliphatic heterocycles. The van der Waals surface area contributed by atoms with Gasteiger partial charge < -0.3 is 9.80 Å². The van der Waals surface area contributed by atoms with E-state index in [9.17, 15) is 0 Å². The van der Waals surface area contributed by atoms with Crippen LogP contribution in [0.4, 0.5) is 0 Å². The summed E-state index contributed by atoms with van der Waals surface area (Å²) in [6.07, 6.45) is 5.73. The van der Waals surface area contributed by atoms with Crippen molar-refractivity contribution in [1.82, 2.24) is 9.80 Å². The topological polar surface area (TPSA) is 6.48 Å².